The van der Waals surface area contributed by atoms with E-state index in [4.69, 9.17) is 11.0 Å². The van der Waals surface area contributed by atoms with E-state index < -0.39 is 0 Å². The minimum Gasteiger partial charge on any atom is -0.396 e. The number of rotatable bonds is 3. The Morgan fingerprint density at radius 3 is 3.00 bits per heavy atom. The summed E-state index contributed by atoms with van der Waals surface area (Å²) in [7, 11) is 0. The van der Waals surface area contributed by atoms with Gasteiger partial charge >= 0.3 is 0 Å². The third-order valence-corrected chi connectivity index (χ3v) is 3.18. The van der Waals surface area contributed by atoms with Gasteiger partial charge < -0.3 is 11.1 Å². The quantitative estimate of drug-likeness (QED) is 0.813. The fourth-order valence-corrected chi connectivity index (χ4v) is 2.10. The van der Waals surface area contributed by atoms with Gasteiger partial charge in [0.15, 0.2) is 0 Å². The molecule has 4 nitrogen and oxygen atoms in total. The van der Waals surface area contributed by atoms with Crippen molar-refractivity contribution >= 4 is 22.7 Å². The molecule has 0 radical (unpaired) electrons. The Balaban J connectivity index is 2.12. The zero-order valence-corrected chi connectivity index (χ0v) is 10.2. The second-order valence-corrected chi connectivity index (χ2v) is 4.65. The van der Waals surface area contributed by atoms with Crippen molar-refractivity contribution in [1.29, 1.82) is 5.26 Å². The number of aryl methyl sites for hydroxylation is 1. The summed E-state index contributed by atoms with van der Waals surface area (Å²) in [6, 6.07) is 7.43. The maximum Gasteiger partial charge on any atom is 0.101 e. The lowest BCUT2D eigenvalue weighted by Gasteiger charge is -2.08. The van der Waals surface area contributed by atoms with Gasteiger partial charge in [-0.25, -0.2) is 4.98 Å². The number of aromatic nitrogens is 1. The Morgan fingerprint density at radius 1 is 1.53 bits per heavy atom. The van der Waals surface area contributed by atoms with Gasteiger partial charge in [0.1, 0.15) is 6.07 Å². The Labute approximate surface area is 104 Å². The molecule has 0 aliphatic heterocycles. The molecule has 1 heterocycles. The van der Waals surface area contributed by atoms with Gasteiger partial charge in [-0.1, -0.05) is 6.07 Å². The van der Waals surface area contributed by atoms with Crippen molar-refractivity contribution in [3.63, 3.8) is 0 Å². The summed E-state index contributed by atoms with van der Waals surface area (Å²) in [4.78, 5) is 4.35. The van der Waals surface area contributed by atoms with E-state index in [9.17, 15) is 0 Å². The van der Waals surface area contributed by atoms with Crippen LogP contribution in [-0.4, -0.2) is 4.98 Å². The van der Waals surface area contributed by atoms with Crippen LogP contribution >= 0.6 is 11.3 Å². The maximum atomic E-state index is 8.86. The number of benzene rings is 1. The van der Waals surface area contributed by atoms with E-state index in [2.05, 4.69) is 16.4 Å². The van der Waals surface area contributed by atoms with Crippen LogP contribution in [0, 0.1) is 18.3 Å². The van der Waals surface area contributed by atoms with Crippen LogP contribution in [0.5, 0.6) is 0 Å². The van der Waals surface area contributed by atoms with Crippen LogP contribution in [0.15, 0.2) is 23.6 Å². The number of nitriles is 1. The minimum atomic E-state index is 0.488. The highest BCUT2D eigenvalue weighted by molar-refractivity contribution is 7.09. The lowest BCUT2D eigenvalue weighted by Crippen LogP contribution is -2.04. The molecule has 0 unspecified atom stereocenters. The first kappa shape index (κ1) is 11.4. The number of para-hydroxylation sites is 1. The molecule has 0 amide bonds. The summed E-state index contributed by atoms with van der Waals surface area (Å²) in [5.41, 5.74) is 8.59. The minimum absolute atomic E-state index is 0.488. The fourth-order valence-electron chi connectivity index (χ4n) is 1.49. The van der Waals surface area contributed by atoms with E-state index in [-0.39, 0.29) is 0 Å². The molecule has 5 heteroatoms. The van der Waals surface area contributed by atoms with E-state index in [0.29, 0.717) is 17.8 Å². The van der Waals surface area contributed by atoms with Crippen molar-refractivity contribution in [2.45, 2.75) is 13.5 Å². The van der Waals surface area contributed by atoms with Crippen molar-refractivity contribution < 1.29 is 0 Å². The molecule has 0 aliphatic carbocycles. The summed E-state index contributed by atoms with van der Waals surface area (Å²) >= 11 is 1.62. The van der Waals surface area contributed by atoms with Gasteiger partial charge in [-0.05, 0) is 19.1 Å². The molecule has 0 fully saturated rings. The van der Waals surface area contributed by atoms with Gasteiger partial charge in [-0.3, -0.25) is 0 Å². The molecule has 3 N–H and O–H groups in total. The van der Waals surface area contributed by atoms with Crippen molar-refractivity contribution in [3.8, 4) is 6.07 Å². The Morgan fingerprint density at radius 2 is 2.35 bits per heavy atom. The van der Waals surface area contributed by atoms with Gasteiger partial charge in [-0.15, -0.1) is 11.3 Å². The number of thiazole rings is 1. The standard InChI is InChI=1S/C12H12N4S/c1-8-16-10(7-17-8)6-15-11-4-2-3-9(5-13)12(11)14/h2-4,7,15H,6,14H2,1H3. The molecule has 0 bridgehead atoms. The van der Waals surface area contributed by atoms with Crippen LogP contribution in [-0.2, 0) is 6.54 Å². The van der Waals surface area contributed by atoms with Gasteiger partial charge in [0.2, 0.25) is 0 Å². The van der Waals surface area contributed by atoms with Crippen LogP contribution < -0.4 is 11.1 Å². The highest BCUT2D eigenvalue weighted by Gasteiger charge is 2.04. The lowest BCUT2D eigenvalue weighted by atomic mass is 10.1. The third-order valence-electron chi connectivity index (χ3n) is 2.35. The van der Waals surface area contributed by atoms with Crippen molar-refractivity contribution in [1.82, 2.24) is 4.98 Å². The Hall–Kier alpha value is -2.06. The summed E-state index contributed by atoms with van der Waals surface area (Å²) in [6.07, 6.45) is 0. The zero-order chi connectivity index (χ0) is 12.3. The first-order valence-electron chi connectivity index (χ1n) is 5.14. The van der Waals surface area contributed by atoms with Crippen LogP contribution in [0.4, 0.5) is 11.4 Å². The molecular weight excluding hydrogens is 232 g/mol. The van der Waals surface area contributed by atoms with Gasteiger partial charge in [0.05, 0.1) is 34.2 Å². The average molecular weight is 244 g/mol. The van der Waals surface area contributed by atoms with Crippen molar-refractivity contribution in [3.05, 3.63) is 39.8 Å². The molecule has 86 valence electrons. The molecule has 0 saturated carbocycles. The maximum absolute atomic E-state index is 8.86. The largest absolute Gasteiger partial charge is 0.396 e. The van der Waals surface area contributed by atoms with Crippen molar-refractivity contribution in [2.24, 2.45) is 0 Å². The normalized spacial score (nSPS) is 9.88. The molecule has 0 atom stereocenters. The highest BCUT2D eigenvalue weighted by atomic mass is 32.1. The first-order valence-corrected chi connectivity index (χ1v) is 6.02. The van der Waals surface area contributed by atoms with E-state index in [1.54, 1.807) is 17.4 Å². The summed E-state index contributed by atoms with van der Waals surface area (Å²) in [6.45, 7) is 2.59. The van der Waals surface area contributed by atoms with E-state index in [1.165, 1.54) is 0 Å². The average Bonchev–Trinajstić information content (AvgIpc) is 2.74. The number of nitrogens with zero attached hydrogens (tertiary/aromatic N) is 2. The molecule has 0 aliphatic rings. The van der Waals surface area contributed by atoms with E-state index in [0.717, 1.165) is 16.4 Å². The number of anilines is 2. The molecular formula is C12H12N4S. The van der Waals surface area contributed by atoms with Crippen LogP contribution in [0.3, 0.4) is 0 Å². The van der Waals surface area contributed by atoms with E-state index in [1.807, 2.05) is 24.4 Å². The topological polar surface area (TPSA) is 74.7 Å². The molecule has 2 rings (SSSR count). The van der Waals surface area contributed by atoms with Crippen molar-refractivity contribution in [2.75, 3.05) is 11.1 Å². The molecule has 0 saturated heterocycles. The fraction of sp³-hybridized carbons (Fsp3) is 0.167. The SMILES string of the molecule is Cc1nc(CNc2cccc(C#N)c2N)cs1. The van der Waals surface area contributed by atoms with Gasteiger partial charge in [0.25, 0.3) is 0 Å². The predicted molar refractivity (Wildman–Crippen MR) is 69.7 cm³/mol. The molecule has 1 aromatic heterocycles. The molecule has 0 spiro atoms. The summed E-state index contributed by atoms with van der Waals surface area (Å²) < 4.78 is 0. The highest BCUT2D eigenvalue weighted by Crippen LogP contribution is 2.22. The Kier molecular flexibility index (Phi) is 3.26. The van der Waals surface area contributed by atoms with E-state index >= 15 is 0 Å². The summed E-state index contributed by atoms with van der Waals surface area (Å²) in [5.74, 6) is 0. The number of hydrogen-bond acceptors (Lipinski definition) is 5. The number of nitrogens with two attached hydrogens (primary N) is 1. The first-order chi connectivity index (χ1) is 8.20. The van der Waals surface area contributed by atoms with Crippen LogP contribution in [0.2, 0.25) is 0 Å². The number of hydrogen-bond donors (Lipinski definition) is 2. The lowest BCUT2D eigenvalue weighted by molar-refractivity contribution is 1.06. The van der Waals surface area contributed by atoms with Crippen LogP contribution in [0.1, 0.15) is 16.3 Å². The zero-order valence-electron chi connectivity index (χ0n) is 9.40. The van der Waals surface area contributed by atoms with Gasteiger partial charge in [-0.2, -0.15) is 5.26 Å². The molecule has 17 heavy (non-hydrogen) atoms. The molecule has 1 aromatic carbocycles. The summed E-state index contributed by atoms with van der Waals surface area (Å²) in [5, 5.41) is 15.1. The van der Waals surface area contributed by atoms with Gasteiger partial charge in [0, 0.05) is 5.38 Å². The van der Waals surface area contributed by atoms with Crippen LogP contribution in [0.25, 0.3) is 0 Å². The second-order valence-electron chi connectivity index (χ2n) is 3.59. The number of nitrogens with one attached hydrogen (secondary N) is 1. The Bertz CT molecular complexity index is 568. The third kappa shape index (κ3) is 2.55. The number of nitrogen functional groups attached to an aromatic ring is 1. The predicted octanol–water partition coefficient (Wildman–Crippen LogP) is 2.52. The second kappa shape index (κ2) is 4.85. The monoisotopic (exact) mass is 244 g/mol. The molecule has 2 aromatic rings. The smallest absolute Gasteiger partial charge is 0.101 e.